The van der Waals surface area contributed by atoms with Crippen molar-refractivity contribution in [3.63, 3.8) is 0 Å². The highest BCUT2D eigenvalue weighted by molar-refractivity contribution is 6.30. The van der Waals surface area contributed by atoms with Crippen molar-refractivity contribution in [3.8, 4) is 0 Å². The molecule has 0 spiro atoms. The van der Waals surface area contributed by atoms with Crippen LogP contribution < -0.4 is 16.0 Å². The molecule has 3 N–H and O–H groups in total. The number of nitrogens with one attached hydrogen (secondary N) is 1. The summed E-state index contributed by atoms with van der Waals surface area (Å²) in [6.07, 6.45) is 0. The normalized spacial score (nSPS) is 15.2. The van der Waals surface area contributed by atoms with Gasteiger partial charge in [-0.2, -0.15) is 0 Å². The van der Waals surface area contributed by atoms with Gasteiger partial charge >= 0.3 is 0 Å². The van der Waals surface area contributed by atoms with Crippen LogP contribution in [0.3, 0.4) is 0 Å². The summed E-state index contributed by atoms with van der Waals surface area (Å²) in [5, 5.41) is 3.52. The lowest BCUT2D eigenvalue weighted by Crippen LogP contribution is -2.44. The van der Waals surface area contributed by atoms with Gasteiger partial charge in [-0.25, -0.2) is 0 Å². The number of anilines is 3. The summed E-state index contributed by atoms with van der Waals surface area (Å²) in [5.41, 5.74) is 10.1. The number of amides is 1. The topological polar surface area (TPSA) is 61.6 Å². The zero-order chi connectivity index (χ0) is 18.0. The van der Waals surface area contributed by atoms with E-state index < -0.39 is 0 Å². The van der Waals surface area contributed by atoms with Crippen molar-refractivity contribution in [1.82, 2.24) is 4.90 Å². The molecule has 0 bridgehead atoms. The maximum atomic E-state index is 12.5. The molecule has 1 amide bonds. The third-order valence-corrected chi connectivity index (χ3v) is 4.82. The zero-order valence-corrected chi connectivity index (χ0v) is 15.3. The molecule has 2 aromatic carbocycles. The van der Waals surface area contributed by atoms with Crippen LogP contribution in [-0.2, 0) is 0 Å². The number of aryl methyl sites for hydroxylation is 1. The van der Waals surface area contributed by atoms with Crippen LogP contribution >= 0.6 is 11.6 Å². The molecule has 1 saturated heterocycles. The fraction of sp³-hybridized carbons (Fsp3) is 0.316. The molecule has 0 saturated carbocycles. The Bertz CT molecular complexity index is 768. The van der Waals surface area contributed by atoms with Crippen LogP contribution in [0.15, 0.2) is 36.4 Å². The standard InChI is InChI=1S/C19H23ClN4O/c1-13-11-16(21)17(12-18(13)24-9-7-23(2)8-10-24)22-19(25)14-3-5-15(20)6-4-14/h3-6,11-12H,7-10,21H2,1-2H3,(H,22,25). The average Bonchev–Trinajstić information content (AvgIpc) is 2.59. The van der Waals surface area contributed by atoms with Crippen molar-refractivity contribution in [2.45, 2.75) is 6.92 Å². The zero-order valence-electron chi connectivity index (χ0n) is 14.6. The lowest BCUT2D eigenvalue weighted by Gasteiger charge is -2.35. The molecule has 0 aromatic heterocycles. The number of nitrogens with two attached hydrogens (primary N) is 1. The fourth-order valence-corrected chi connectivity index (χ4v) is 3.14. The van der Waals surface area contributed by atoms with Crippen LogP contribution in [0, 0.1) is 6.92 Å². The highest BCUT2D eigenvalue weighted by atomic mass is 35.5. The smallest absolute Gasteiger partial charge is 0.255 e. The van der Waals surface area contributed by atoms with Crippen molar-refractivity contribution >= 4 is 34.6 Å². The summed E-state index contributed by atoms with van der Waals surface area (Å²) in [4.78, 5) is 17.1. The van der Waals surface area contributed by atoms with E-state index in [1.54, 1.807) is 24.3 Å². The number of benzene rings is 2. The third-order valence-electron chi connectivity index (χ3n) is 4.57. The summed E-state index contributed by atoms with van der Waals surface area (Å²) < 4.78 is 0. The van der Waals surface area contributed by atoms with Crippen LogP contribution in [0.25, 0.3) is 0 Å². The van der Waals surface area contributed by atoms with Gasteiger partial charge in [-0.1, -0.05) is 11.6 Å². The second kappa shape index (κ2) is 7.33. The number of piperazine rings is 1. The Kier molecular flexibility index (Phi) is 5.16. The summed E-state index contributed by atoms with van der Waals surface area (Å²) >= 11 is 5.88. The van der Waals surface area contributed by atoms with E-state index in [1.807, 2.05) is 12.1 Å². The lowest BCUT2D eigenvalue weighted by atomic mass is 10.1. The highest BCUT2D eigenvalue weighted by Crippen LogP contribution is 2.30. The quantitative estimate of drug-likeness (QED) is 0.827. The minimum absolute atomic E-state index is 0.198. The van der Waals surface area contributed by atoms with Gasteiger partial charge in [0, 0.05) is 42.5 Å². The fourth-order valence-electron chi connectivity index (χ4n) is 3.01. The van der Waals surface area contributed by atoms with Crippen LogP contribution in [0.1, 0.15) is 15.9 Å². The van der Waals surface area contributed by atoms with E-state index >= 15 is 0 Å². The number of hydrogen-bond acceptors (Lipinski definition) is 4. The molecule has 2 aromatic rings. The first-order valence-corrected chi connectivity index (χ1v) is 8.72. The minimum atomic E-state index is -0.198. The van der Waals surface area contributed by atoms with Gasteiger partial charge in [-0.3, -0.25) is 4.79 Å². The molecule has 5 nitrogen and oxygen atoms in total. The lowest BCUT2D eigenvalue weighted by molar-refractivity contribution is 0.102. The van der Waals surface area contributed by atoms with Crippen LogP contribution in [0.5, 0.6) is 0 Å². The third kappa shape index (κ3) is 4.06. The molecular weight excluding hydrogens is 336 g/mol. The molecule has 1 aliphatic rings. The molecule has 1 fully saturated rings. The molecule has 0 unspecified atom stereocenters. The number of hydrogen-bond donors (Lipinski definition) is 2. The summed E-state index contributed by atoms with van der Waals surface area (Å²) in [6, 6.07) is 10.7. The van der Waals surface area contributed by atoms with Crippen molar-refractivity contribution in [2.75, 3.05) is 49.2 Å². The number of nitrogen functional groups attached to an aromatic ring is 1. The number of likely N-dealkylation sites (N-methyl/N-ethyl adjacent to an activating group) is 1. The van der Waals surface area contributed by atoms with E-state index in [-0.39, 0.29) is 5.91 Å². The van der Waals surface area contributed by atoms with E-state index in [9.17, 15) is 4.79 Å². The molecule has 3 rings (SSSR count). The Hall–Kier alpha value is -2.24. The number of carbonyl (C=O) groups is 1. The molecule has 0 aliphatic carbocycles. The van der Waals surface area contributed by atoms with Crippen LogP contribution in [0.2, 0.25) is 5.02 Å². The number of nitrogens with zero attached hydrogens (tertiary/aromatic N) is 2. The SMILES string of the molecule is Cc1cc(N)c(NC(=O)c2ccc(Cl)cc2)cc1N1CCN(C)CC1. The molecule has 25 heavy (non-hydrogen) atoms. The van der Waals surface area contributed by atoms with Crippen LogP contribution in [-0.4, -0.2) is 44.0 Å². The van der Waals surface area contributed by atoms with Gasteiger partial charge in [0.05, 0.1) is 11.4 Å². The summed E-state index contributed by atoms with van der Waals surface area (Å²) in [5.74, 6) is -0.198. The van der Waals surface area contributed by atoms with E-state index in [1.165, 1.54) is 0 Å². The largest absolute Gasteiger partial charge is 0.397 e. The van der Waals surface area contributed by atoms with E-state index in [4.69, 9.17) is 17.3 Å². The first-order chi connectivity index (χ1) is 11.9. The molecule has 0 radical (unpaired) electrons. The number of halogens is 1. The van der Waals surface area contributed by atoms with Crippen molar-refractivity contribution < 1.29 is 4.79 Å². The Morgan fingerprint density at radius 2 is 1.76 bits per heavy atom. The second-order valence-corrected chi connectivity index (χ2v) is 6.91. The van der Waals surface area contributed by atoms with E-state index in [0.29, 0.717) is 22.0 Å². The van der Waals surface area contributed by atoms with Gasteiger partial charge in [0.25, 0.3) is 5.91 Å². The van der Waals surface area contributed by atoms with Crippen LogP contribution in [0.4, 0.5) is 17.1 Å². The molecule has 1 aliphatic heterocycles. The number of carbonyl (C=O) groups excluding carboxylic acids is 1. The predicted molar refractivity (Wildman–Crippen MR) is 105 cm³/mol. The summed E-state index contributed by atoms with van der Waals surface area (Å²) in [6.45, 7) is 6.03. The second-order valence-electron chi connectivity index (χ2n) is 6.48. The van der Waals surface area contributed by atoms with Gasteiger partial charge in [-0.15, -0.1) is 0 Å². The Morgan fingerprint density at radius 3 is 2.40 bits per heavy atom. The van der Waals surface area contributed by atoms with Gasteiger partial charge < -0.3 is 20.9 Å². The molecule has 1 heterocycles. The first kappa shape index (κ1) is 17.6. The van der Waals surface area contributed by atoms with E-state index in [0.717, 1.165) is 37.4 Å². The van der Waals surface area contributed by atoms with Crippen molar-refractivity contribution in [1.29, 1.82) is 0 Å². The Labute approximate surface area is 153 Å². The minimum Gasteiger partial charge on any atom is -0.397 e. The van der Waals surface area contributed by atoms with Crippen molar-refractivity contribution in [3.05, 3.63) is 52.5 Å². The number of rotatable bonds is 3. The monoisotopic (exact) mass is 358 g/mol. The maximum absolute atomic E-state index is 12.5. The molecule has 6 heteroatoms. The summed E-state index contributed by atoms with van der Waals surface area (Å²) in [7, 11) is 2.13. The van der Waals surface area contributed by atoms with Gasteiger partial charge in [-0.05, 0) is 55.9 Å². The van der Waals surface area contributed by atoms with Gasteiger partial charge in [0.15, 0.2) is 0 Å². The van der Waals surface area contributed by atoms with Crippen molar-refractivity contribution in [2.24, 2.45) is 0 Å². The average molecular weight is 359 g/mol. The van der Waals surface area contributed by atoms with E-state index in [2.05, 4.69) is 29.1 Å². The Balaban J connectivity index is 1.82. The molecule has 132 valence electrons. The van der Waals surface area contributed by atoms with Gasteiger partial charge in [0.1, 0.15) is 0 Å². The van der Waals surface area contributed by atoms with Gasteiger partial charge in [0.2, 0.25) is 0 Å². The molecular formula is C19H23ClN4O. The molecule has 0 atom stereocenters. The highest BCUT2D eigenvalue weighted by Gasteiger charge is 2.18. The Morgan fingerprint density at radius 1 is 1.12 bits per heavy atom. The predicted octanol–water partition coefficient (Wildman–Crippen LogP) is 3.23. The maximum Gasteiger partial charge on any atom is 0.255 e. The first-order valence-electron chi connectivity index (χ1n) is 8.34.